The Bertz CT molecular complexity index is 1130. The molecule has 0 fully saturated rings. The van der Waals surface area contributed by atoms with Crippen LogP contribution in [0.1, 0.15) is 16.7 Å². The molecule has 4 aromatic rings. The largest absolute Gasteiger partial charge is 0.478 e. The Labute approximate surface area is 162 Å². The maximum atomic E-state index is 11.8. The number of fused-ring (bicyclic) bond motifs is 1. The van der Waals surface area contributed by atoms with E-state index in [1.54, 1.807) is 30.6 Å². The van der Waals surface area contributed by atoms with Gasteiger partial charge in [0.05, 0.1) is 17.5 Å². The number of benzene rings is 2. The van der Waals surface area contributed by atoms with Crippen molar-refractivity contribution in [2.75, 3.05) is 5.32 Å². The van der Waals surface area contributed by atoms with E-state index < -0.39 is 5.97 Å². The number of carboxylic acids is 1. The fourth-order valence-corrected chi connectivity index (χ4v) is 3.08. The molecular weight excluding hydrogens is 350 g/mol. The Morgan fingerprint density at radius 3 is 2.50 bits per heavy atom. The highest BCUT2D eigenvalue weighted by atomic mass is 16.4. The number of anilines is 1. The van der Waals surface area contributed by atoms with Crippen LogP contribution in [0.3, 0.4) is 0 Å². The lowest BCUT2D eigenvalue weighted by Crippen LogP contribution is -2.00. The summed E-state index contributed by atoms with van der Waals surface area (Å²) in [6, 6.07) is 21.2. The highest BCUT2D eigenvalue weighted by Gasteiger charge is 2.12. The number of aromatic nitrogens is 2. The molecule has 0 aliphatic carbocycles. The minimum atomic E-state index is -0.966. The van der Waals surface area contributed by atoms with Crippen LogP contribution in [0, 0.1) is 0 Å². The van der Waals surface area contributed by atoms with Crippen molar-refractivity contribution in [2.24, 2.45) is 0 Å². The Kier molecular flexibility index (Phi) is 4.89. The van der Waals surface area contributed by atoms with Gasteiger partial charge in [0.2, 0.25) is 0 Å². The third-order valence-corrected chi connectivity index (χ3v) is 4.52. The van der Waals surface area contributed by atoms with Crippen molar-refractivity contribution in [1.82, 2.24) is 9.97 Å². The third-order valence-electron chi connectivity index (χ3n) is 4.52. The Morgan fingerprint density at radius 1 is 1.07 bits per heavy atom. The average Bonchev–Trinajstić information content (AvgIpc) is 3.14. The second kappa shape index (κ2) is 7.80. The number of carboxylic acid groups (broad SMARTS) is 1. The number of rotatable bonds is 6. The molecule has 0 unspecified atom stereocenters. The van der Waals surface area contributed by atoms with Crippen LogP contribution < -0.4 is 5.32 Å². The number of hydrogen-bond acceptors (Lipinski definition) is 3. The molecule has 4 rings (SSSR count). The minimum absolute atomic E-state index is 0.240. The quantitative estimate of drug-likeness (QED) is 0.427. The van der Waals surface area contributed by atoms with E-state index in [2.05, 4.69) is 27.4 Å². The van der Waals surface area contributed by atoms with Crippen LogP contribution in [0.2, 0.25) is 0 Å². The number of aromatic amines is 1. The molecule has 0 atom stereocenters. The third kappa shape index (κ3) is 3.78. The van der Waals surface area contributed by atoms with Gasteiger partial charge < -0.3 is 15.4 Å². The van der Waals surface area contributed by atoms with Gasteiger partial charge in [0.15, 0.2) is 0 Å². The highest BCUT2D eigenvalue weighted by Crippen LogP contribution is 2.25. The molecule has 0 aliphatic rings. The van der Waals surface area contributed by atoms with Crippen molar-refractivity contribution in [1.29, 1.82) is 0 Å². The molecule has 0 radical (unpaired) electrons. The first-order valence-corrected chi connectivity index (χ1v) is 8.96. The van der Waals surface area contributed by atoms with Crippen molar-refractivity contribution in [3.8, 4) is 0 Å². The Balaban J connectivity index is 1.66. The second-order valence-corrected chi connectivity index (χ2v) is 6.43. The standard InChI is InChI=1S/C23H19N3O2/c27-23(28)21(17-9-5-2-6-10-17)11-18-14-25-22-20(18)12-19(15-26-22)24-13-16-7-3-1-4-8-16/h1-12,14-15,24H,13H2,(H,25,26)(H,27,28)/b21-11+. The number of carbonyl (C=O) groups is 1. The van der Waals surface area contributed by atoms with Crippen LogP contribution in [0.25, 0.3) is 22.7 Å². The van der Waals surface area contributed by atoms with E-state index in [9.17, 15) is 9.90 Å². The first-order chi connectivity index (χ1) is 13.7. The Morgan fingerprint density at radius 2 is 1.79 bits per heavy atom. The van der Waals surface area contributed by atoms with E-state index in [0.29, 0.717) is 17.8 Å². The second-order valence-electron chi connectivity index (χ2n) is 6.43. The molecule has 2 aromatic heterocycles. The summed E-state index contributed by atoms with van der Waals surface area (Å²) in [7, 11) is 0. The van der Waals surface area contributed by atoms with Gasteiger partial charge in [-0.2, -0.15) is 0 Å². The van der Waals surface area contributed by atoms with Gasteiger partial charge in [-0.3, -0.25) is 0 Å². The van der Waals surface area contributed by atoms with Crippen LogP contribution in [0.4, 0.5) is 5.69 Å². The molecule has 28 heavy (non-hydrogen) atoms. The van der Waals surface area contributed by atoms with Crippen LogP contribution in [-0.4, -0.2) is 21.0 Å². The van der Waals surface area contributed by atoms with Crippen LogP contribution >= 0.6 is 0 Å². The van der Waals surface area contributed by atoms with E-state index >= 15 is 0 Å². The normalized spacial score (nSPS) is 11.5. The topological polar surface area (TPSA) is 78.0 Å². The number of H-pyrrole nitrogens is 1. The summed E-state index contributed by atoms with van der Waals surface area (Å²) < 4.78 is 0. The smallest absolute Gasteiger partial charge is 0.336 e. The van der Waals surface area contributed by atoms with E-state index in [-0.39, 0.29) is 5.57 Å². The fraction of sp³-hybridized carbons (Fsp3) is 0.0435. The van der Waals surface area contributed by atoms with Gasteiger partial charge in [0.25, 0.3) is 0 Å². The summed E-state index contributed by atoms with van der Waals surface area (Å²) in [4.78, 5) is 19.3. The predicted octanol–water partition coefficient (Wildman–Crippen LogP) is 4.80. The lowest BCUT2D eigenvalue weighted by atomic mass is 10.0. The number of hydrogen-bond donors (Lipinski definition) is 3. The zero-order valence-electron chi connectivity index (χ0n) is 15.1. The van der Waals surface area contributed by atoms with Gasteiger partial charge >= 0.3 is 5.97 Å². The Hall–Kier alpha value is -3.86. The summed E-state index contributed by atoms with van der Waals surface area (Å²) in [6.45, 7) is 0.689. The molecule has 2 heterocycles. The van der Waals surface area contributed by atoms with E-state index in [4.69, 9.17) is 0 Å². The molecule has 2 aromatic carbocycles. The van der Waals surface area contributed by atoms with Crippen LogP contribution in [-0.2, 0) is 11.3 Å². The first-order valence-electron chi connectivity index (χ1n) is 8.96. The summed E-state index contributed by atoms with van der Waals surface area (Å²) in [5.41, 5.74) is 4.46. The monoisotopic (exact) mass is 369 g/mol. The van der Waals surface area contributed by atoms with E-state index in [1.165, 1.54) is 5.56 Å². The molecular formula is C23H19N3O2. The molecule has 5 nitrogen and oxygen atoms in total. The molecule has 0 saturated heterocycles. The van der Waals surface area contributed by atoms with Gasteiger partial charge in [-0.1, -0.05) is 60.7 Å². The van der Waals surface area contributed by atoms with Gasteiger partial charge in [-0.25, -0.2) is 9.78 Å². The predicted molar refractivity (Wildman–Crippen MR) is 112 cm³/mol. The summed E-state index contributed by atoms with van der Waals surface area (Å²) in [6.07, 6.45) is 5.23. The van der Waals surface area contributed by atoms with Crippen LogP contribution in [0.5, 0.6) is 0 Å². The fourth-order valence-electron chi connectivity index (χ4n) is 3.08. The number of pyridine rings is 1. The summed E-state index contributed by atoms with van der Waals surface area (Å²) in [5.74, 6) is -0.966. The molecule has 138 valence electrons. The van der Waals surface area contributed by atoms with Gasteiger partial charge in [-0.15, -0.1) is 0 Å². The van der Waals surface area contributed by atoms with E-state index in [1.807, 2.05) is 42.5 Å². The number of nitrogens with one attached hydrogen (secondary N) is 2. The van der Waals surface area contributed by atoms with Crippen molar-refractivity contribution >= 4 is 34.3 Å². The first kappa shape index (κ1) is 17.5. The van der Waals surface area contributed by atoms with Gasteiger partial charge in [-0.05, 0) is 23.3 Å². The number of nitrogens with zero attached hydrogens (tertiary/aromatic N) is 1. The lowest BCUT2D eigenvalue weighted by molar-refractivity contribution is -0.130. The maximum Gasteiger partial charge on any atom is 0.336 e. The van der Waals surface area contributed by atoms with Crippen molar-refractivity contribution in [2.45, 2.75) is 6.54 Å². The van der Waals surface area contributed by atoms with Crippen molar-refractivity contribution in [3.05, 3.63) is 95.8 Å². The van der Waals surface area contributed by atoms with Crippen LogP contribution in [0.15, 0.2) is 79.1 Å². The zero-order chi connectivity index (χ0) is 19.3. The zero-order valence-corrected chi connectivity index (χ0v) is 15.1. The SMILES string of the molecule is O=C(O)/C(=C/c1c[nH]c2ncc(NCc3ccccc3)cc12)c1ccccc1. The molecule has 5 heteroatoms. The summed E-state index contributed by atoms with van der Waals surface area (Å²) in [5, 5.41) is 13.9. The lowest BCUT2D eigenvalue weighted by Gasteiger charge is -2.07. The number of aliphatic carboxylic acids is 1. The summed E-state index contributed by atoms with van der Waals surface area (Å²) >= 11 is 0. The highest BCUT2D eigenvalue weighted by molar-refractivity contribution is 6.21. The van der Waals surface area contributed by atoms with Crippen molar-refractivity contribution in [3.63, 3.8) is 0 Å². The van der Waals surface area contributed by atoms with Crippen molar-refractivity contribution < 1.29 is 9.90 Å². The molecule has 0 bridgehead atoms. The van der Waals surface area contributed by atoms with E-state index in [0.717, 1.165) is 16.6 Å². The molecule has 0 saturated carbocycles. The molecule has 0 amide bonds. The minimum Gasteiger partial charge on any atom is -0.478 e. The average molecular weight is 369 g/mol. The molecule has 0 spiro atoms. The van der Waals surface area contributed by atoms with Gasteiger partial charge in [0, 0.05) is 23.7 Å². The van der Waals surface area contributed by atoms with Gasteiger partial charge in [0.1, 0.15) is 5.65 Å². The maximum absolute atomic E-state index is 11.8. The molecule has 0 aliphatic heterocycles. The molecule has 3 N–H and O–H groups in total.